The van der Waals surface area contributed by atoms with Crippen molar-refractivity contribution in [3.05, 3.63) is 35.9 Å². The minimum absolute atomic E-state index is 0.00396. The van der Waals surface area contributed by atoms with Crippen LogP contribution in [0.3, 0.4) is 0 Å². The van der Waals surface area contributed by atoms with Gasteiger partial charge in [-0.1, -0.05) is 30.3 Å². The zero-order valence-corrected chi connectivity index (χ0v) is 12.9. The molecule has 1 aromatic carbocycles. The van der Waals surface area contributed by atoms with Crippen LogP contribution in [0.25, 0.3) is 0 Å². The zero-order chi connectivity index (χ0) is 15.1. The molecule has 0 aromatic heterocycles. The van der Waals surface area contributed by atoms with E-state index in [1.54, 1.807) is 0 Å². The van der Waals surface area contributed by atoms with Gasteiger partial charge < -0.3 is 15.7 Å². The van der Waals surface area contributed by atoms with Crippen molar-refractivity contribution in [1.29, 1.82) is 0 Å². The summed E-state index contributed by atoms with van der Waals surface area (Å²) in [4.78, 5) is 11.9. The lowest BCUT2D eigenvalue weighted by Gasteiger charge is -2.36. The fourth-order valence-electron chi connectivity index (χ4n) is 2.80. The Labute approximate surface area is 130 Å². The lowest BCUT2D eigenvalue weighted by molar-refractivity contribution is -0.122. The van der Waals surface area contributed by atoms with Gasteiger partial charge in [0.25, 0.3) is 0 Å². The average Bonchev–Trinajstić information content (AvgIpc) is 2.53. The SMILES string of the molecule is O=C(CCCCl)NC1CCNCC1C(O)c1ccccc1. The standard InChI is InChI=1S/C16H23ClN2O2/c17-9-4-7-15(20)19-14-8-10-18-11-13(14)16(21)12-5-2-1-3-6-12/h1-3,5-6,13-14,16,18,21H,4,7-11H2,(H,19,20). The molecule has 0 aliphatic carbocycles. The Morgan fingerprint density at radius 3 is 2.90 bits per heavy atom. The van der Waals surface area contributed by atoms with Crippen LogP contribution in [0.15, 0.2) is 30.3 Å². The Bertz CT molecular complexity index is 441. The van der Waals surface area contributed by atoms with Gasteiger partial charge in [0.2, 0.25) is 5.91 Å². The Hall–Kier alpha value is -1.10. The highest BCUT2D eigenvalue weighted by Crippen LogP contribution is 2.27. The third-order valence-corrected chi connectivity index (χ3v) is 4.23. The summed E-state index contributed by atoms with van der Waals surface area (Å²) >= 11 is 5.62. The third-order valence-electron chi connectivity index (χ3n) is 3.96. The first-order valence-corrected chi connectivity index (χ1v) is 8.05. The van der Waals surface area contributed by atoms with E-state index in [9.17, 15) is 9.90 Å². The van der Waals surface area contributed by atoms with E-state index in [1.807, 2.05) is 30.3 Å². The average molecular weight is 311 g/mol. The van der Waals surface area contributed by atoms with Crippen molar-refractivity contribution in [3.8, 4) is 0 Å². The van der Waals surface area contributed by atoms with E-state index < -0.39 is 6.10 Å². The highest BCUT2D eigenvalue weighted by Gasteiger charge is 2.32. The Morgan fingerprint density at radius 1 is 1.43 bits per heavy atom. The molecule has 1 aromatic rings. The van der Waals surface area contributed by atoms with Crippen LogP contribution in [0.5, 0.6) is 0 Å². The van der Waals surface area contributed by atoms with Crippen molar-refractivity contribution in [2.45, 2.75) is 31.4 Å². The summed E-state index contributed by atoms with van der Waals surface area (Å²) in [6, 6.07) is 9.62. The molecule has 0 spiro atoms. The number of benzene rings is 1. The van der Waals surface area contributed by atoms with Gasteiger partial charge in [0.05, 0.1) is 6.10 Å². The second-order valence-electron chi connectivity index (χ2n) is 5.48. The number of rotatable bonds is 6. The molecule has 1 fully saturated rings. The zero-order valence-electron chi connectivity index (χ0n) is 12.1. The Balaban J connectivity index is 1.99. The number of hydrogen-bond acceptors (Lipinski definition) is 3. The number of amides is 1. The summed E-state index contributed by atoms with van der Waals surface area (Å²) in [5.41, 5.74) is 0.895. The summed E-state index contributed by atoms with van der Waals surface area (Å²) in [7, 11) is 0. The number of halogens is 1. The lowest BCUT2D eigenvalue weighted by atomic mass is 9.85. The molecule has 1 aliphatic rings. The molecule has 2 rings (SSSR count). The topological polar surface area (TPSA) is 61.4 Å². The summed E-state index contributed by atoms with van der Waals surface area (Å²) < 4.78 is 0. The first-order valence-electron chi connectivity index (χ1n) is 7.51. The maximum atomic E-state index is 11.9. The third kappa shape index (κ3) is 4.70. The summed E-state index contributed by atoms with van der Waals surface area (Å²) in [6.45, 7) is 1.56. The largest absolute Gasteiger partial charge is 0.388 e. The minimum atomic E-state index is -0.572. The number of aliphatic hydroxyl groups is 1. The Morgan fingerprint density at radius 2 is 2.19 bits per heavy atom. The molecular weight excluding hydrogens is 288 g/mol. The molecule has 1 aliphatic heterocycles. The molecule has 3 atom stereocenters. The van der Waals surface area contributed by atoms with Crippen molar-refractivity contribution >= 4 is 17.5 Å². The van der Waals surface area contributed by atoms with Gasteiger partial charge in [0, 0.05) is 30.8 Å². The number of nitrogens with one attached hydrogen (secondary N) is 2. The van der Waals surface area contributed by atoms with Crippen molar-refractivity contribution in [2.75, 3.05) is 19.0 Å². The molecule has 1 heterocycles. The van der Waals surface area contributed by atoms with Gasteiger partial charge in [-0.05, 0) is 24.9 Å². The van der Waals surface area contributed by atoms with E-state index >= 15 is 0 Å². The number of alkyl halides is 1. The monoisotopic (exact) mass is 310 g/mol. The van der Waals surface area contributed by atoms with Crippen LogP contribution in [0.4, 0.5) is 0 Å². The molecule has 1 saturated heterocycles. The highest BCUT2D eigenvalue weighted by molar-refractivity contribution is 6.17. The number of carbonyl (C=O) groups excluding carboxylic acids is 1. The molecule has 0 radical (unpaired) electrons. The van der Waals surface area contributed by atoms with E-state index in [1.165, 1.54) is 0 Å². The van der Waals surface area contributed by atoms with Gasteiger partial charge in [-0.25, -0.2) is 0 Å². The molecular formula is C16H23ClN2O2. The van der Waals surface area contributed by atoms with Crippen molar-refractivity contribution in [2.24, 2.45) is 5.92 Å². The van der Waals surface area contributed by atoms with Crippen LogP contribution in [0.1, 0.15) is 30.9 Å². The van der Waals surface area contributed by atoms with E-state index in [-0.39, 0.29) is 17.9 Å². The molecule has 1 amide bonds. The van der Waals surface area contributed by atoms with E-state index in [2.05, 4.69) is 10.6 Å². The summed E-state index contributed by atoms with van der Waals surface area (Å²) in [6.07, 6.45) is 1.39. The van der Waals surface area contributed by atoms with Gasteiger partial charge in [0.15, 0.2) is 0 Å². The Kier molecular flexibility index (Phi) is 6.49. The number of aliphatic hydroxyl groups excluding tert-OH is 1. The number of piperidine rings is 1. The van der Waals surface area contributed by atoms with Crippen LogP contribution in [-0.4, -0.2) is 36.0 Å². The molecule has 116 valence electrons. The maximum Gasteiger partial charge on any atom is 0.220 e. The van der Waals surface area contributed by atoms with Crippen LogP contribution >= 0.6 is 11.6 Å². The quantitative estimate of drug-likeness (QED) is 0.703. The predicted octanol–water partition coefficient (Wildman–Crippen LogP) is 1.83. The fraction of sp³-hybridized carbons (Fsp3) is 0.562. The van der Waals surface area contributed by atoms with E-state index in [0.717, 1.165) is 18.5 Å². The molecule has 0 bridgehead atoms. The molecule has 4 nitrogen and oxygen atoms in total. The van der Waals surface area contributed by atoms with Crippen LogP contribution in [0, 0.1) is 5.92 Å². The fourth-order valence-corrected chi connectivity index (χ4v) is 2.93. The molecule has 21 heavy (non-hydrogen) atoms. The lowest BCUT2D eigenvalue weighted by Crippen LogP contribution is -2.51. The summed E-state index contributed by atoms with van der Waals surface area (Å²) in [5.74, 6) is 0.504. The maximum absolute atomic E-state index is 11.9. The smallest absolute Gasteiger partial charge is 0.220 e. The van der Waals surface area contributed by atoms with Crippen molar-refractivity contribution < 1.29 is 9.90 Å². The van der Waals surface area contributed by atoms with Gasteiger partial charge in [0.1, 0.15) is 0 Å². The highest BCUT2D eigenvalue weighted by atomic mass is 35.5. The van der Waals surface area contributed by atoms with Gasteiger partial charge in [-0.3, -0.25) is 4.79 Å². The van der Waals surface area contributed by atoms with Crippen LogP contribution in [-0.2, 0) is 4.79 Å². The predicted molar refractivity (Wildman–Crippen MR) is 84.3 cm³/mol. The summed E-state index contributed by atoms with van der Waals surface area (Å²) in [5, 5.41) is 16.9. The van der Waals surface area contributed by atoms with Crippen molar-refractivity contribution in [1.82, 2.24) is 10.6 Å². The van der Waals surface area contributed by atoms with E-state index in [4.69, 9.17) is 11.6 Å². The van der Waals surface area contributed by atoms with Gasteiger partial charge in [-0.15, -0.1) is 11.6 Å². The normalized spacial score (nSPS) is 23.5. The number of hydrogen-bond donors (Lipinski definition) is 3. The molecule has 3 unspecified atom stereocenters. The second kappa shape index (κ2) is 8.37. The molecule has 5 heteroatoms. The van der Waals surface area contributed by atoms with E-state index in [0.29, 0.717) is 25.3 Å². The molecule has 0 saturated carbocycles. The minimum Gasteiger partial charge on any atom is -0.388 e. The molecule has 3 N–H and O–H groups in total. The second-order valence-corrected chi connectivity index (χ2v) is 5.86. The van der Waals surface area contributed by atoms with Crippen molar-refractivity contribution in [3.63, 3.8) is 0 Å². The first kappa shape index (κ1) is 16.3. The van der Waals surface area contributed by atoms with Crippen LogP contribution in [0.2, 0.25) is 0 Å². The van der Waals surface area contributed by atoms with Crippen LogP contribution < -0.4 is 10.6 Å². The first-order chi connectivity index (χ1) is 10.2. The number of carbonyl (C=O) groups is 1. The van der Waals surface area contributed by atoms with Gasteiger partial charge in [-0.2, -0.15) is 0 Å². The van der Waals surface area contributed by atoms with Gasteiger partial charge >= 0.3 is 0 Å².